The smallest absolute Gasteiger partial charge is 0.266 e. The normalized spacial score (nSPS) is 10.1. The van der Waals surface area contributed by atoms with Crippen molar-refractivity contribution in [2.24, 2.45) is 0 Å². The Balaban J connectivity index is 2.46. The molecule has 4 nitrogen and oxygen atoms in total. The number of phenols is 1. The van der Waals surface area contributed by atoms with Crippen LogP contribution in [0.1, 0.15) is 10.4 Å². The third-order valence-corrected chi connectivity index (χ3v) is 1.99. The van der Waals surface area contributed by atoms with Crippen LogP contribution in [0.25, 0.3) is 0 Å². The summed E-state index contributed by atoms with van der Waals surface area (Å²) in [6, 6.07) is 4.34. The quantitative estimate of drug-likeness (QED) is 0.659. The van der Waals surface area contributed by atoms with E-state index in [9.17, 15) is 9.90 Å². The first kappa shape index (κ1) is 9.52. The van der Waals surface area contributed by atoms with Gasteiger partial charge in [0.05, 0.1) is 5.56 Å². The summed E-state index contributed by atoms with van der Waals surface area (Å²) in [5.74, 6) is -0.458. The molecule has 0 spiro atoms. The fourth-order valence-corrected chi connectivity index (χ4v) is 1.24. The summed E-state index contributed by atoms with van der Waals surface area (Å²) >= 11 is 0. The van der Waals surface area contributed by atoms with Gasteiger partial charge in [0.1, 0.15) is 19.9 Å². The summed E-state index contributed by atoms with van der Waals surface area (Å²) in [6.45, 7) is 0. The van der Waals surface area contributed by atoms with Crippen molar-refractivity contribution in [1.82, 2.24) is 9.55 Å². The van der Waals surface area contributed by atoms with E-state index in [0.29, 0.717) is 5.46 Å². The minimum Gasteiger partial charge on any atom is -0.507 e. The summed E-state index contributed by atoms with van der Waals surface area (Å²) in [5.41, 5.74) is 0.587. The van der Waals surface area contributed by atoms with E-state index in [1.807, 2.05) is 0 Å². The summed E-state index contributed by atoms with van der Waals surface area (Å²) in [4.78, 5) is 15.5. The van der Waals surface area contributed by atoms with E-state index in [1.54, 1.807) is 0 Å². The van der Waals surface area contributed by atoms with Crippen LogP contribution in [0.2, 0.25) is 0 Å². The van der Waals surface area contributed by atoms with Gasteiger partial charge in [-0.25, -0.2) is 4.98 Å². The Morgan fingerprint density at radius 3 is 2.93 bits per heavy atom. The predicted molar refractivity (Wildman–Crippen MR) is 55.5 cm³/mol. The third kappa shape index (κ3) is 1.76. The molecule has 0 amide bonds. The highest BCUT2D eigenvalue weighted by atomic mass is 16.3. The lowest BCUT2D eigenvalue weighted by atomic mass is 9.94. The van der Waals surface area contributed by atoms with Crippen molar-refractivity contribution in [3.05, 3.63) is 42.5 Å². The Morgan fingerprint density at radius 2 is 2.27 bits per heavy atom. The van der Waals surface area contributed by atoms with Gasteiger partial charge in [0, 0.05) is 12.4 Å². The van der Waals surface area contributed by atoms with Crippen LogP contribution in [-0.2, 0) is 0 Å². The standard InChI is InChI=1S/C10H7BN2O2/c11-7-1-2-9(14)8(5-7)10(15)13-4-3-12-6-13/h1-6,14H. The first-order valence-electron chi connectivity index (χ1n) is 4.29. The lowest BCUT2D eigenvalue weighted by molar-refractivity contribution is 0.0957. The topological polar surface area (TPSA) is 55.1 Å². The van der Waals surface area contributed by atoms with E-state index < -0.39 is 0 Å². The van der Waals surface area contributed by atoms with E-state index in [-0.39, 0.29) is 17.2 Å². The van der Waals surface area contributed by atoms with Crippen molar-refractivity contribution in [1.29, 1.82) is 0 Å². The molecule has 0 bridgehead atoms. The lowest BCUT2D eigenvalue weighted by Crippen LogP contribution is -2.13. The van der Waals surface area contributed by atoms with Gasteiger partial charge in [-0.2, -0.15) is 0 Å². The van der Waals surface area contributed by atoms with Crippen molar-refractivity contribution in [2.45, 2.75) is 0 Å². The maximum Gasteiger partial charge on any atom is 0.266 e. The van der Waals surface area contributed by atoms with Gasteiger partial charge in [-0.15, -0.1) is 0 Å². The van der Waals surface area contributed by atoms with Gasteiger partial charge in [-0.1, -0.05) is 17.6 Å². The van der Waals surface area contributed by atoms with Crippen LogP contribution in [-0.4, -0.2) is 28.4 Å². The molecule has 1 aromatic carbocycles. The molecule has 0 unspecified atom stereocenters. The SMILES string of the molecule is [B]c1ccc(O)c(C(=O)n2ccnc2)c1. The van der Waals surface area contributed by atoms with Gasteiger partial charge in [0.25, 0.3) is 5.91 Å². The maximum atomic E-state index is 11.8. The van der Waals surface area contributed by atoms with Gasteiger partial charge >= 0.3 is 0 Å². The molecule has 15 heavy (non-hydrogen) atoms. The van der Waals surface area contributed by atoms with Crippen molar-refractivity contribution < 1.29 is 9.90 Å². The van der Waals surface area contributed by atoms with Crippen LogP contribution < -0.4 is 5.46 Å². The minimum atomic E-state index is -0.364. The van der Waals surface area contributed by atoms with Gasteiger partial charge in [0.2, 0.25) is 0 Å². The van der Waals surface area contributed by atoms with Crippen LogP contribution in [0.15, 0.2) is 36.9 Å². The van der Waals surface area contributed by atoms with E-state index in [4.69, 9.17) is 7.85 Å². The first-order chi connectivity index (χ1) is 7.18. The molecule has 0 fully saturated rings. The van der Waals surface area contributed by atoms with E-state index in [2.05, 4.69) is 4.98 Å². The molecular formula is C10H7BN2O2. The molecule has 2 radical (unpaired) electrons. The molecule has 1 heterocycles. The molecular weight excluding hydrogens is 191 g/mol. The molecule has 0 saturated heterocycles. The lowest BCUT2D eigenvalue weighted by Gasteiger charge is -2.04. The highest BCUT2D eigenvalue weighted by Gasteiger charge is 2.12. The number of aromatic hydroxyl groups is 1. The van der Waals surface area contributed by atoms with Crippen LogP contribution in [0, 0.1) is 0 Å². The second-order valence-electron chi connectivity index (χ2n) is 3.05. The number of carbonyl (C=O) groups excluding carboxylic acids is 1. The Hall–Kier alpha value is -2.04. The summed E-state index contributed by atoms with van der Waals surface area (Å²) in [6.07, 6.45) is 4.36. The third-order valence-electron chi connectivity index (χ3n) is 1.99. The van der Waals surface area contributed by atoms with E-state index in [0.717, 1.165) is 0 Å². The van der Waals surface area contributed by atoms with E-state index in [1.165, 1.54) is 41.5 Å². The largest absolute Gasteiger partial charge is 0.507 e. The average molecular weight is 198 g/mol. The minimum absolute atomic E-state index is 0.0945. The zero-order valence-corrected chi connectivity index (χ0v) is 7.79. The zero-order valence-electron chi connectivity index (χ0n) is 7.79. The molecule has 5 heteroatoms. The number of hydrogen-bond donors (Lipinski definition) is 1. The summed E-state index contributed by atoms with van der Waals surface area (Å²) < 4.78 is 1.27. The molecule has 0 saturated carbocycles. The zero-order chi connectivity index (χ0) is 10.8. The van der Waals surface area contributed by atoms with Gasteiger partial charge in [0.15, 0.2) is 0 Å². The highest BCUT2D eigenvalue weighted by Crippen LogP contribution is 2.15. The number of hydrogen-bond acceptors (Lipinski definition) is 3. The molecule has 72 valence electrons. The molecule has 0 aliphatic rings. The number of carbonyl (C=O) groups is 1. The Bertz CT molecular complexity index is 494. The van der Waals surface area contributed by atoms with Crippen LogP contribution in [0.3, 0.4) is 0 Å². The summed E-state index contributed by atoms with van der Waals surface area (Å²) in [5, 5.41) is 9.49. The molecule has 2 rings (SSSR count). The van der Waals surface area contributed by atoms with Crippen LogP contribution in [0.5, 0.6) is 5.75 Å². The number of nitrogens with zero attached hydrogens (tertiary/aromatic N) is 2. The van der Waals surface area contributed by atoms with Crippen LogP contribution in [0.4, 0.5) is 0 Å². The Labute approximate surface area is 87.6 Å². The number of aromatic nitrogens is 2. The number of benzene rings is 1. The van der Waals surface area contributed by atoms with Gasteiger partial charge in [-0.05, 0) is 6.07 Å². The molecule has 1 aromatic heterocycles. The van der Waals surface area contributed by atoms with Crippen molar-refractivity contribution in [3.8, 4) is 5.75 Å². The molecule has 0 aliphatic carbocycles. The molecule has 1 N–H and O–H groups in total. The highest BCUT2D eigenvalue weighted by molar-refractivity contribution is 6.32. The van der Waals surface area contributed by atoms with Gasteiger partial charge < -0.3 is 5.11 Å². The molecule has 0 aliphatic heterocycles. The van der Waals surface area contributed by atoms with Crippen molar-refractivity contribution in [2.75, 3.05) is 0 Å². The molecule has 2 aromatic rings. The fraction of sp³-hybridized carbons (Fsp3) is 0. The van der Waals surface area contributed by atoms with Gasteiger partial charge in [-0.3, -0.25) is 9.36 Å². The first-order valence-corrected chi connectivity index (χ1v) is 4.29. The second-order valence-corrected chi connectivity index (χ2v) is 3.05. The summed E-state index contributed by atoms with van der Waals surface area (Å²) in [7, 11) is 5.53. The van der Waals surface area contributed by atoms with E-state index >= 15 is 0 Å². The van der Waals surface area contributed by atoms with Crippen molar-refractivity contribution in [3.63, 3.8) is 0 Å². The fourth-order valence-electron chi connectivity index (χ4n) is 1.24. The number of rotatable bonds is 1. The monoisotopic (exact) mass is 198 g/mol. The Kier molecular flexibility index (Phi) is 2.29. The second kappa shape index (κ2) is 3.61. The Morgan fingerprint density at radius 1 is 1.47 bits per heavy atom. The predicted octanol–water partition coefficient (Wildman–Crippen LogP) is 0.0710. The van der Waals surface area contributed by atoms with Crippen LogP contribution >= 0.6 is 0 Å². The molecule has 0 atom stereocenters. The van der Waals surface area contributed by atoms with Crippen molar-refractivity contribution >= 4 is 19.2 Å². The number of phenolic OH excluding ortho intramolecular Hbond substituents is 1. The average Bonchev–Trinajstić information content (AvgIpc) is 2.74. The maximum absolute atomic E-state index is 11.8. The number of imidazole rings is 1.